The fourth-order valence-corrected chi connectivity index (χ4v) is 3.56. The molecule has 2 heterocycles. The van der Waals surface area contributed by atoms with Crippen molar-refractivity contribution in [3.8, 4) is 11.3 Å². The highest BCUT2D eigenvalue weighted by atomic mass is 79.9. The fraction of sp³-hybridized carbons (Fsp3) is 0.300. The molecule has 2 aromatic carbocycles. The van der Waals surface area contributed by atoms with E-state index in [0.29, 0.717) is 25.7 Å². The van der Waals surface area contributed by atoms with Crippen LogP contribution in [0, 0.1) is 0 Å². The van der Waals surface area contributed by atoms with Crippen molar-refractivity contribution in [3.63, 3.8) is 0 Å². The molecule has 0 amide bonds. The second-order valence-electron chi connectivity index (χ2n) is 6.62. The molecule has 1 aliphatic rings. The highest BCUT2D eigenvalue weighted by molar-refractivity contribution is 9.10. The Labute approximate surface area is 171 Å². The smallest absolute Gasteiger partial charge is 0.238 e. The minimum atomic E-state index is -0.748. The van der Waals surface area contributed by atoms with Gasteiger partial charge in [0.1, 0.15) is 6.23 Å². The molecular formula is C20H22BrN5O2. The van der Waals surface area contributed by atoms with E-state index >= 15 is 0 Å². The lowest BCUT2D eigenvalue weighted by molar-refractivity contribution is 0.00923. The summed E-state index contributed by atoms with van der Waals surface area (Å²) in [5.41, 5.74) is 8.51. The van der Waals surface area contributed by atoms with Crippen LogP contribution in [0.25, 0.3) is 22.2 Å². The molecule has 1 unspecified atom stereocenters. The van der Waals surface area contributed by atoms with Crippen LogP contribution in [-0.4, -0.2) is 59.1 Å². The molecule has 7 nitrogen and oxygen atoms in total. The summed E-state index contributed by atoms with van der Waals surface area (Å²) in [4.78, 5) is 11.4. The Morgan fingerprint density at radius 2 is 1.89 bits per heavy atom. The number of rotatable bonds is 6. The molecule has 1 atom stereocenters. The summed E-state index contributed by atoms with van der Waals surface area (Å²) in [6.07, 6.45) is -0.748. The SMILES string of the molecule is OC(CN1CCOCC1)NNc1nc(-c2ccccc2)c2cc(Br)ccc2n1. The lowest BCUT2D eigenvalue weighted by Gasteiger charge is -2.28. The second-order valence-corrected chi connectivity index (χ2v) is 7.54. The number of hydrogen-bond acceptors (Lipinski definition) is 7. The summed E-state index contributed by atoms with van der Waals surface area (Å²) in [7, 11) is 0. The van der Waals surface area contributed by atoms with Gasteiger partial charge in [0.2, 0.25) is 5.95 Å². The zero-order valence-electron chi connectivity index (χ0n) is 15.3. The highest BCUT2D eigenvalue weighted by Crippen LogP contribution is 2.29. The van der Waals surface area contributed by atoms with E-state index in [1.165, 1.54) is 0 Å². The predicted molar refractivity (Wildman–Crippen MR) is 113 cm³/mol. The number of nitrogens with zero attached hydrogens (tertiary/aromatic N) is 3. The number of hydrogen-bond donors (Lipinski definition) is 3. The monoisotopic (exact) mass is 443 g/mol. The number of aromatic nitrogens is 2. The van der Waals surface area contributed by atoms with Gasteiger partial charge in [-0.3, -0.25) is 10.3 Å². The van der Waals surface area contributed by atoms with Crippen molar-refractivity contribution in [1.82, 2.24) is 20.3 Å². The first-order chi connectivity index (χ1) is 13.7. The van der Waals surface area contributed by atoms with Crippen molar-refractivity contribution in [2.45, 2.75) is 6.23 Å². The Hall–Kier alpha value is -2.10. The second kappa shape index (κ2) is 8.93. The summed E-state index contributed by atoms with van der Waals surface area (Å²) < 4.78 is 6.31. The number of aliphatic hydroxyl groups is 1. The molecule has 0 spiro atoms. The lowest BCUT2D eigenvalue weighted by Crippen LogP contribution is -2.47. The molecule has 4 rings (SSSR count). The van der Waals surface area contributed by atoms with Crippen LogP contribution < -0.4 is 10.9 Å². The van der Waals surface area contributed by atoms with E-state index in [-0.39, 0.29) is 0 Å². The number of morpholine rings is 1. The van der Waals surface area contributed by atoms with Gasteiger partial charge >= 0.3 is 0 Å². The summed E-state index contributed by atoms with van der Waals surface area (Å²) in [5.74, 6) is 0.412. The van der Waals surface area contributed by atoms with Gasteiger partial charge in [-0.2, -0.15) is 0 Å². The lowest BCUT2D eigenvalue weighted by atomic mass is 10.1. The van der Waals surface area contributed by atoms with Gasteiger partial charge in [-0.05, 0) is 18.2 Å². The maximum Gasteiger partial charge on any atom is 0.238 e. The third kappa shape index (κ3) is 4.65. The third-order valence-corrected chi connectivity index (χ3v) is 5.08. The van der Waals surface area contributed by atoms with Crippen LogP contribution in [0.5, 0.6) is 0 Å². The number of nitrogens with one attached hydrogen (secondary N) is 2. The van der Waals surface area contributed by atoms with Crippen molar-refractivity contribution < 1.29 is 9.84 Å². The molecule has 0 bridgehead atoms. The normalized spacial score (nSPS) is 16.2. The Bertz CT molecular complexity index is 935. The van der Waals surface area contributed by atoms with Gasteiger partial charge < -0.3 is 9.84 Å². The topological polar surface area (TPSA) is 82.5 Å². The number of hydrazine groups is 1. The summed E-state index contributed by atoms with van der Waals surface area (Å²) in [6, 6.07) is 15.9. The van der Waals surface area contributed by atoms with E-state index in [0.717, 1.165) is 39.7 Å². The molecule has 1 aliphatic heterocycles. The van der Waals surface area contributed by atoms with Crippen molar-refractivity contribution in [1.29, 1.82) is 0 Å². The van der Waals surface area contributed by atoms with E-state index in [2.05, 4.69) is 41.6 Å². The molecule has 0 aliphatic carbocycles. The number of ether oxygens (including phenoxy) is 1. The Balaban J connectivity index is 1.55. The first-order valence-electron chi connectivity index (χ1n) is 9.21. The van der Waals surface area contributed by atoms with E-state index in [4.69, 9.17) is 4.74 Å². The van der Waals surface area contributed by atoms with Crippen molar-refractivity contribution >= 4 is 32.8 Å². The maximum absolute atomic E-state index is 10.3. The molecule has 1 saturated heterocycles. The number of benzene rings is 2. The number of fused-ring (bicyclic) bond motifs is 1. The molecule has 1 fully saturated rings. The minimum absolute atomic E-state index is 0.412. The standard InChI is InChI=1S/C20H22BrN5O2/c21-15-6-7-17-16(12-15)19(14-4-2-1-3-5-14)23-20(22-17)25-24-18(27)13-26-8-10-28-11-9-26/h1-7,12,18,24,27H,8-11,13H2,(H,22,23,25). The zero-order valence-corrected chi connectivity index (χ0v) is 16.9. The van der Waals surface area contributed by atoms with Gasteiger partial charge in [-0.25, -0.2) is 15.4 Å². The largest absolute Gasteiger partial charge is 0.379 e. The Kier molecular flexibility index (Phi) is 6.13. The first-order valence-corrected chi connectivity index (χ1v) is 10.0. The van der Waals surface area contributed by atoms with Gasteiger partial charge in [0.25, 0.3) is 0 Å². The van der Waals surface area contributed by atoms with Crippen LogP contribution in [0.4, 0.5) is 5.95 Å². The van der Waals surface area contributed by atoms with Gasteiger partial charge in [-0.15, -0.1) is 0 Å². The van der Waals surface area contributed by atoms with Crippen LogP contribution in [0.15, 0.2) is 53.0 Å². The van der Waals surface area contributed by atoms with E-state index in [9.17, 15) is 5.11 Å². The van der Waals surface area contributed by atoms with Gasteiger partial charge in [0.15, 0.2) is 0 Å². The highest BCUT2D eigenvalue weighted by Gasteiger charge is 2.15. The van der Waals surface area contributed by atoms with Crippen molar-refractivity contribution in [2.75, 3.05) is 38.3 Å². The van der Waals surface area contributed by atoms with Gasteiger partial charge in [0, 0.05) is 35.1 Å². The number of anilines is 1. The quantitative estimate of drug-likeness (QED) is 0.398. The van der Waals surface area contributed by atoms with E-state index in [1.807, 2.05) is 48.5 Å². The molecule has 8 heteroatoms. The van der Waals surface area contributed by atoms with Gasteiger partial charge in [-0.1, -0.05) is 46.3 Å². The first kappa shape index (κ1) is 19.2. The van der Waals surface area contributed by atoms with Crippen LogP contribution in [0.1, 0.15) is 0 Å². The fourth-order valence-electron chi connectivity index (χ4n) is 3.19. The van der Waals surface area contributed by atoms with E-state index < -0.39 is 6.23 Å². The Morgan fingerprint density at radius 1 is 1.11 bits per heavy atom. The predicted octanol–water partition coefficient (Wildman–Crippen LogP) is 2.63. The van der Waals surface area contributed by atoms with Gasteiger partial charge in [0.05, 0.1) is 24.4 Å². The summed E-state index contributed by atoms with van der Waals surface area (Å²) in [6.45, 7) is 3.53. The van der Waals surface area contributed by atoms with Crippen LogP contribution >= 0.6 is 15.9 Å². The van der Waals surface area contributed by atoms with Crippen LogP contribution in [0.2, 0.25) is 0 Å². The Morgan fingerprint density at radius 3 is 2.68 bits per heavy atom. The van der Waals surface area contributed by atoms with Crippen LogP contribution in [-0.2, 0) is 4.74 Å². The number of halogens is 1. The molecule has 3 aromatic rings. The molecule has 0 radical (unpaired) electrons. The molecule has 0 saturated carbocycles. The molecule has 1 aromatic heterocycles. The van der Waals surface area contributed by atoms with Crippen molar-refractivity contribution in [2.24, 2.45) is 0 Å². The minimum Gasteiger partial charge on any atom is -0.379 e. The van der Waals surface area contributed by atoms with E-state index in [1.54, 1.807) is 0 Å². The number of β-amino-alcohol motifs (C(OH)–C–C–N with tert-alkyl or cyclic N) is 1. The van der Waals surface area contributed by atoms with Crippen LogP contribution in [0.3, 0.4) is 0 Å². The third-order valence-electron chi connectivity index (χ3n) is 4.59. The maximum atomic E-state index is 10.3. The zero-order chi connectivity index (χ0) is 19.3. The summed E-state index contributed by atoms with van der Waals surface area (Å²) in [5, 5.41) is 11.2. The molecular weight excluding hydrogens is 422 g/mol. The summed E-state index contributed by atoms with van der Waals surface area (Å²) >= 11 is 3.52. The number of aliphatic hydroxyl groups excluding tert-OH is 1. The van der Waals surface area contributed by atoms with Crippen molar-refractivity contribution in [3.05, 3.63) is 53.0 Å². The molecule has 28 heavy (non-hydrogen) atoms. The average Bonchev–Trinajstić information content (AvgIpc) is 2.73. The molecule has 3 N–H and O–H groups in total. The molecule has 146 valence electrons. The average molecular weight is 444 g/mol.